The largest absolute Gasteiger partial charge is 0.493 e. The average molecular weight is 478 g/mol. The molecule has 0 aliphatic rings. The normalized spacial score (nSPS) is 10.2. The lowest BCUT2D eigenvalue weighted by atomic mass is 10.2. The summed E-state index contributed by atoms with van der Waals surface area (Å²) in [5.41, 5.74) is 1.61. The van der Waals surface area contributed by atoms with Gasteiger partial charge in [-0.3, -0.25) is 14.9 Å². The summed E-state index contributed by atoms with van der Waals surface area (Å²) in [5, 5.41) is 8.60. The number of benzene rings is 2. The minimum absolute atomic E-state index is 0.112. The van der Waals surface area contributed by atoms with Gasteiger partial charge in [-0.15, -0.1) is 0 Å². The van der Waals surface area contributed by atoms with Crippen LogP contribution < -0.4 is 20.7 Å². The second-order valence-electron chi connectivity index (χ2n) is 6.17. The lowest BCUT2D eigenvalue weighted by Crippen LogP contribution is -2.34. The molecular formula is C21H24BrN3O3S. The Hall–Kier alpha value is -2.45. The van der Waals surface area contributed by atoms with E-state index in [4.69, 9.17) is 17.0 Å². The highest BCUT2D eigenvalue weighted by Crippen LogP contribution is 2.23. The van der Waals surface area contributed by atoms with Crippen LogP contribution in [0.5, 0.6) is 5.75 Å². The number of amides is 2. The molecule has 2 amide bonds. The summed E-state index contributed by atoms with van der Waals surface area (Å²) >= 11 is 8.59. The number of carbonyl (C=O) groups excluding carboxylic acids is 2. The molecule has 0 aromatic heterocycles. The van der Waals surface area contributed by atoms with Crippen LogP contribution in [0.3, 0.4) is 0 Å². The Labute approximate surface area is 184 Å². The molecule has 2 aromatic carbocycles. The van der Waals surface area contributed by atoms with E-state index in [2.05, 4.69) is 38.8 Å². The summed E-state index contributed by atoms with van der Waals surface area (Å²) < 4.78 is 6.26. The Bertz CT molecular complexity index is 872. The highest BCUT2D eigenvalue weighted by Gasteiger charge is 2.15. The van der Waals surface area contributed by atoms with Crippen LogP contribution in [-0.2, 0) is 0 Å². The molecule has 0 fully saturated rings. The molecule has 3 N–H and O–H groups in total. The number of anilines is 1. The molecule has 0 saturated heterocycles. The summed E-state index contributed by atoms with van der Waals surface area (Å²) in [7, 11) is 0. The van der Waals surface area contributed by atoms with Crippen molar-refractivity contribution in [2.45, 2.75) is 26.7 Å². The molecule has 6 nitrogen and oxygen atoms in total. The number of ether oxygens (including phenoxy) is 1. The second kappa shape index (κ2) is 11.5. The van der Waals surface area contributed by atoms with E-state index < -0.39 is 0 Å². The van der Waals surface area contributed by atoms with Gasteiger partial charge in [0.05, 0.1) is 12.2 Å². The van der Waals surface area contributed by atoms with Gasteiger partial charge in [-0.2, -0.15) is 0 Å². The molecule has 0 heterocycles. The highest BCUT2D eigenvalue weighted by molar-refractivity contribution is 9.10. The van der Waals surface area contributed by atoms with Gasteiger partial charge in [0.1, 0.15) is 5.75 Å². The molecule has 0 atom stereocenters. The van der Waals surface area contributed by atoms with E-state index in [1.807, 2.05) is 6.92 Å². The minimum atomic E-state index is -0.376. The van der Waals surface area contributed by atoms with Gasteiger partial charge in [-0.05, 0) is 68.0 Å². The molecular weight excluding hydrogens is 454 g/mol. The maximum atomic E-state index is 12.6. The molecule has 0 bridgehead atoms. The van der Waals surface area contributed by atoms with Crippen molar-refractivity contribution in [1.29, 1.82) is 0 Å². The maximum absolute atomic E-state index is 12.6. The molecule has 2 rings (SSSR count). The Morgan fingerprint density at radius 2 is 1.79 bits per heavy atom. The zero-order valence-corrected chi connectivity index (χ0v) is 18.8. The number of hydrogen-bond donors (Lipinski definition) is 3. The van der Waals surface area contributed by atoms with Crippen molar-refractivity contribution in [3.63, 3.8) is 0 Å². The third-order valence-corrected chi connectivity index (χ3v) is 4.63. The van der Waals surface area contributed by atoms with Gasteiger partial charge in [0.15, 0.2) is 5.11 Å². The number of hydrogen-bond acceptors (Lipinski definition) is 4. The van der Waals surface area contributed by atoms with Crippen LogP contribution in [0.1, 0.15) is 47.4 Å². The van der Waals surface area contributed by atoms with E-state index >= 15 is 0 Å². The second-order valence-corrected chi connectivity index (χ2v) is 7.49. The molecule has 0 aliphatic carbocycles. The van der Waals surface area contributed by atoms with E-state index in [1.165, 1.54) is 0 Å². The van der Waals surface area contributed by atoms with Crippen LogP contribution in [-0.4, -0.2) is 30.1 Å². The standard InChI is InChI=1S/C21H24BrN3O3S/c1-3-5-12-23-19(26)14-6-9-16(10-7-14)24-21(29)25-20(27)17-13-15(22)8-11-18(17)28-4-2/h6-11,13H,3-5,12H2,1-2H3,(H,23,26)(H2,24,25,27,29). The predicted molar refractivity (Wildman–Crippen MR) is 123 cm³/mol. The minimum Gasteiger partial charge on any atom is -0.493 e. The van der Waals surface area contributed by atoms with Crippen LogP contribution >= 0.6 is 28.1 Å². The van der Waals surface area contributed by atoms with Crippen LogP contribution in [0.4, 0.5) is 5.69 Å². The molecule has 2 aromatic rings. The first kappa shape index (κ1) is 22.8. The number of unbranched alkanes of at least 4 members (excludes halogenated alkanes) is 1. The van der Waals surface area contributed by atoms with Crippen molar-refractivity contribution in [1.82, 2.24) is 10.6 Å². The quantitative estimate of drug-likeness (QED) is 0.385. The van der Waals surface area contributed by atoms with E-state index in [9.17, 15) is 9.59 Å². The Morgan fingerprint density at radius 1 is 1.07 bits per heavy atom. The topological polar surface area (TPSA) is 79.5 Å². The first-order valence-corrected chi connectivity index (χ1v) is 10.6. The average Bonchev–Trinajstić information content (AvgIpc) is 2.70. The van der Waals surface area contributed by atoms with Crippen LogP contribution in [0, 0.1) is 0 Å². The van der Waals surface area contributed by atoms with E-state index in [0.717, 1.165) is 17.3 Å². The van der Waals surface area contributed by atoms with Gasteiger partial charge in [0, 0.05) is 22.3 Å². The van der Waals surface area contributed by atoms with Gasteiger partial charge in [-0.1, -0.05) is 29.3 Å². The number of thiocarbonyl (C=S) groups is 1. The van der Waals surface area contributed by atoms with Crippen molar-refractivity contribution < 1.29 is 14.3 Å². The van der Waals surface area contributed by atoms with Gasteiger partial charge < -0.3 is 15.4 Å². The zero-order valence-electron chi connectivity index (χ0n) is 16.4. The molecule has 0 aliphatic heterocycles. The monoisotopic (exact) mass is 477 g/mol. The summed E-state index contributed by atoms with van der Waals surface area (Å²) in [5.74, 6) is -0.00685. The summed E-state index contributed by atoms with van der Waals surface area (Å²) in [4.78, 5) is 24.6. The number of carbonyl (C=O) groups is 2. The predicted octanol–water partition coefficient (Wildman–Crippen LogP) is 4.50. The van der Waals surface area contributed by atoms with Crippen molar-refractivity contribution in [2.24, 2.45) is 0 Å². The Morgan fingerprint density at radius 3 is 2.45 bits per heavy atom. The molecule has 8 heteroatoms. The molecule has 0 unspecified atom stereocenters. The van der Waals surface area contributed by atoms with Crippen molar-refractivity contribution in [3.8, 4) is 5.75 Å². The SMILES string of the molecule is CCCCNC(=O)c1ccc(NC(=S)NC(=O)c2cc(Br)ccc2OCC)cc1. The fourth-order valence-electron chi connectivity index (χ4n) is 2.48. The number of rotatable bonds is 8. The van der Waals surface area contributed by atoms with Crippen molar-refractivity contribution >= 4 is 50.8 Å². The molecule has 0 saturated carbocycles. The van der Waals surface area contributed by atoms with Gasteiger partial charge in [-0.25, -0.2) is 0 Å². The van der Waals surface area contributed by atoms with Crippen LogP contribution in [0.25, 0.3) is 0 Å². The lowest BCUT2D eigenvalue weighted by molar-refractivity contribution is 0.0950. The summed E-state index contributed by atoms with van der Waals surface area (Å²) in [6, 6.07) is 12.1. The van der Waals surface area contributed by atoms with E-state index in [-0.39, 0.29) is 16.9 Å². The van der Waals surface area contributed by atoms with Gasteiger partial charge in [0.25, 0.3) is 11.8 Å². The third kappa shape index (κ3) is 7.14. The smallest absolute Gasteiger partial charge is 0.261 e. The van der Waals surface area contributed by atoms with Gasteiger partial charge >= 0.3 is 0 Å². The van der Waals surface area contributed by atoms with Crippen LogP contribution in [0.15, 0.2) is 46.9 Å². The maximum Gasteiger partial charge on any atom is 0.261 e. The van der Waals surface area contributed by atoms with Crippen molar-refractivity contribution in [2.75, 3.05) is 18.5 Å². The summed E-state index contributed by atoms with van der Waals surface area (Å²) in [6.07, 6.45) is 1.97. The fourth-order valence-corrected chi connectivity index (χ4v) is 3.05. The molecule has 0 spiro atoms. The third-order valence-electron chi connectivity index (χ3n) is 3.93. The van der Waals surface area contributed by atoms with Crippen LogP contribution in [0.2, 0.25) is 0 Å². The van der Waals surface area contributed by atoms with Gasteiger partial charge in [0.2, 0.25) is 0 Å². The number of halogens is 1. The number of nitrogens with one attached hydrogen (secondary N) is 3. The molecule has 154 valence electrons. The Balaban J connectivity index is 1.96. The first-order chi connectivity index (χ1) is 13.9. The lowest BCUT2D eigenvalue weighted by Gasteiger charge is -2.13. The molecule has 0 radical (unpaired) electrons. The molecule has 29 heavy (non-hydrogen) atoms. The summed E-state index contributed by atoms with van der Waals surface area (Å²) in [6.45, 7) is 5.03. The van der Waals surface area contributed by atoms with E-state index in [1.54, 1.807) is 42.5 Å². The van der Waals surface area contributed by atoms with Crippen molar-refractivity contribution in [3.05, 3.63) is 58.1 Å². The Kier molecular flexibility index (Phi) is 9.08. The fraction of sp³-hybridized carbons (Fsp3) is 0.286. The first-order valence-electron chi connectivity index (χ1n) is 9.37. The zero-order chi connectivity index (χ0) is 21.2. The van der Waals surface area contributed by atoms with E-state index in [0.29, 0.717) is 35.7 Å². The highest BCUT2D eigenvalue weighted by atomic mass is 79.9.